The summed E-state index contributed by atoms with van der Waals surface area (Å²) in [5, 5.41) is 7.96. The number of nitrogens with zero attached hydrogens (tertiary/aromatic N) is 2. The van der Waals surface area contributed by atoms with E-state index in [4.69, 9.17) is 4.74 Å². The zero-order valence-corrected chi connectivity index (χ0v) is 12.5. The molecular formula is C16H23N3O. The van der Waals surface area contributed by atoms with Crippen LogP contribution >= 0.6 is 0 Å². The molecule has 108 valence electrons. The van der Waals surface area contributed by atoms with Crippen molar-refractivity contribution in [3.63, 3.8) is 0 Å². The maximum Gasteiger partial charge on any atom is 0.124 e. The van der Waals surface area contributed by atoms with Crippen LogP contribution < -0.4 is 10.1 Å². The van der Waals surface area contributed by atoms with Crippen LogP contribution in [0.5, 0.6) is 5.75 Å². The highest BCUT2D eigenvalue weighted by Crippen LogP contribution is 2.29. The van der Waals surface area contributed by atoms with E-state index < -0.39 is 0 Å². The monoisotopic (exact) mass is 273 g/mol. The second-order valence-electron chi connectivity index (χ2n) is 4.71. The zero-order valence-electron chi connectivity index (χ0n) is 12.5. The fourth-order valence-electron chi connectivity index (χ4n) is 2.47. The first-order chi connectivity index (χ1) is 9.81. The summed E-state index contributed by atoms with van der Waals surface area (Å²) in [5.41, 5.74) is 2.33. The Labute approximate surface area is 120 Å². The van der Waals surface area contributed by atoms with Gasteiger partial charge in [-0.2, -0.15) is 5.10 Å². The van der Waals surface area contributed by atoms with E-state index in [0.717, 1.165) is 30.8 Å². The summed E-state index contributed by atoms with van der Waals surface area (Å²) in [4.78, 5) is 0. The van der Waals surface area contributed by atoms with Gasteiger partial charge in [-0.25, -0.2) is 0 Å². The third-order valence-electron chi connectivity index (χ3n) is 3.34. The number of para-hydroxylation sites is 1. The van der Waals surface area contributed by atoms with Gasteiger partial charge >= 0.3 is 0 Å². The molecule has 0 amide bonds. The molecular weight excluding hydrogens is 250 g/mol. The number of aromatic nitrogens is 2. The molecule has 1 N–H and O–H groups in total. The molecule has 0 aliphatic rings. The van der Waals surface area contributed by atoms with Crippen molar-refractivity contribution in [2.24, 2.45) is 0 Å². The molecule has 0 fully saturated rings. The van der Waals surface area contributed by atoms with Crippen LogP contribution in [0.15, 0.2) is 36.5 Å². The van der Waals surface area contributed by atoms with Gasteiger partial charge in [-0.05, 0) is 25.1 Å². The normalized spacial score (nSPS) is 12.3. The van der Waals surface area contributed by atoms with Gasteiger partial charge in [0.1, 0.15) is 5.75 Å². The first-order valence-corrected chi connectivity index (χ1v) is 7.19. The summed E-state index contributed by atoms with van der Waals surface area (Å²) in [6.07, 6.45) is 2.93. The van der Waals surface area contributed by atoms with Crippen LogP contribution in [0.25, 0.3) is 0 Å². The molecule has 2 aromatic rings. The third kappa shape index (κ3) is 3.02. The molecule has 0 aliphatic heterocycles. The number of rotatable bonds is 7. The molecule has 4 nitrogen and oxygen atoms in total. The lowest BCUT2D eigenvalue weighted by atomic mass is 10.0. The van der Waals surface area contributed by atoms with Crippen LogP contribution in [0, 0.1) is 0 Å². The van der Waals surface area contributed by atoms with Crippen molar-refractivity contribution >= 4 is 0 Å². The summed E-state index contributed by atoms with van der Waals surface area (Å²) >= 11 is 0. The standard InChI is InChI=1S/C16H23N3O/c1-4-12-19-14(10-11-18-19)16(17-5-2)13-8-6-7-9-15(13)20-3/h6-11,16-17H,4-5,12H2,1-3H3. The highest BCUT2D eigenvalue weighted by Gasteiger charge is 2.20. The van der Waals surface area contributed by atoms with Crippen LogP contribution in [-0.4, -0.2) is 23.4 Å². The van der Waals surface area contributed by atoms with Crippen molar-refractivity contribution in [2.45, 2.75) is 32.9 Å². The van der Waals surface area contributed by atoms with E-state index in [0.29, 0.717) is 0 Å². The van der Waals surface area contributed by atoms with Crippen LogP contribution in [0.4, 0.5) is 0 Å². The van der Waals surface area contributed by atoms with Crippen molar-refractivity contribution in [3.8, 4) is 5.75 Å². The Morgan fingerprint density at radius 1 is 1.25 bits per heavy atom. The molecule has 0 aliphatic carbocycles. The smallest absolute Gasteiger partial charge is 0.124 e. The molecule has 1 unspecified atom stereocenters. The average Bonchev–Trinajstić information content (AvgIpc) is 2.93. The average molecular weight is 273 g/mol. The molecule has 1 atom stereocenters. The highest BCUT2D eigenvalue weighted by molar-refractivity contribution is 5.40. The molecule has 0 saturated heterocycles. The van der Waals surface area contributed by atoms with E-state index in [2.05, 4.69) is 41.1 Å². The van der Waals surface area contributed by atoms with E-state index in [9.17, 15) is 0 Å². The lowest BCUT2D eigenvalue weighted by Gasteiger charge is -2.21. The Morgan fingerprint density at radius 2 is 2.05 bits per heavy atom. The van der Waals surface area contributed by atoms with Gasteiger partial charge in [0, 0.05) is 18.3 Å². The Hall–Kier alpha value is -1.81. The predicted molar refractivity (Wildman–Crippen MR) is 81.0 cm³/mol. The molecule has 0 bridgehead atoms. The Morgan fingerprint density at radius 3 is 2.75 bits per heavy atom. The van der Waals surface area contributed by atoms with Gasteiger partial charge in [0.05, 0.1) is 18.8 Å². The maximum atomic E-state index is 5.50. The molecule has 20 heavy (non-hydrogen) atoms. The quantitative estimate of drug-likeness (QED) is 0.843. The zero-order chi connectivity index (χ0) is 14.4. The molecule has 0 radical (unpaired) electrons. The number of hydrogen-bond acceptors (Lipinski definition) is 3. The lowest BCUT2D eigenvalue weighted by Crippen LogP contribution is -2.25. The Bertz CT molecular complexity index is 536. The minimum absolute atomic E-state index is 0.102. The Kier molecular flexibility index (Phi) is 5.18. The van der Waals surface area contributed by atoms with Gasteiger partial charge in [-0.3, -0.25) is 4.68 Å². The second kappa shape index (κ2) is 7.10. The van der Waals surface area contributed by atoms with E-state index in [1.807, 2.05) is 24.4 Å². The summed E-state index contributed by atoms with van der Waals surface area (Å²) in [5.74, 6) is 0.905. The van der Waals surface area contributed by atoms with Crippen LogP contribution in [0.2, 0.25) is 0 Å². The van der Waals surface area contributed by atoms with Gasteiger partial charge in [-0.1, -0.05) is 32.0 Å². The van der Waals surface area contributed by atoms with E-state index in [-0.39, 0.29) is 6.04 Å². The van der Waals surface area contributed by atoms with E-state index in [1.165, 1.54) is 5.69 Å². The summed E-state index contributed by atoms with van der Waals surface area (Å²) in [6.45, 7) is 6.10. The van der Waals surface area contributed by atoms with Crippen LogP contribution in [-0.2, 0) is 6.54 Å². The molecule has 1 aromatic carbocycles. The molecule has 0 saturated carbocycles. The lowest BCUT2D eigenvalue weighted by molar-refractivity contribution is 0.401. The molecule has 2 rings (SSSR count). The van der Waals surface area contributed by atoms with E-state index >= 15 is 0 Å². The van der Waals surface area contributed by atoms with Gasteiger partial charge in [-0.15, -0.1) is 0 Å². The summed E-state index contributed by atoms with van der Waals surface area (Å²) in [7, 11) is 1.71. The summed E-state index contributed by atoms with van der Waals surface area (Å²) in [6, 6.07) is 10.3. The summed E-state index contributed by atoms with van der Waals surface area (Å²) < 4.78 is 7.57. The third-order valence-corrected chi connectivity index (χ3v) is 3.34. The van der Waals surface area contributed by atoms with Gasteiger partial charge in [0.2, 0.25) is 0 Å². The minimum atomic E-state index is 0.102. The van der Waals surface area contributed by atoms with Crippen molar-refractivity contribution in [2.75, 3.05) is 13.7 Å². The fourth-order valence-corrected chi connectivity index (χ4v) is 2.47. The molecule has 1 heterocycles. The van der Waals surface area contributed by atoms with Crippen molar-refractivity contribution < 1.29 is 4.74 Å². The number of aryl methyl sites for hydroxylation is 1. The number of nitrogens with one attached hydrogen (secondary N) is 1. The number of hydrogen-bond donors (Lipinski definition) is 1. The first kappa shape index (κ1) is 14.6. The Balaban J connectivity index is 2.42. The van der Waals surface area contributed by atoms with E-state index in [1.54, 1.807) is 7.11 Å². The van der Waals surface area contributed by atoms with Crippen molar-refractivity contribution in [1.29, 1.82) is 0 Å². The SMILES string of the molecule is CCCn1nccc1C(NCC)c1ccccc1OC. The van der Waals surface area contributed by atoms with Crippen LogP contribution in [0.1, 0.15) is 37.6 Å². The van der Waals surface area contributed by atoms with Crippen LogP contribution in [0.3, 0.4) is 0 Å². The highest BCUT2D eigenvalue weighted by atomic mass is 16.5. The predicted octanol–water partition coefficient (Wildman–Crippen LogP) is 3.00. The minimum Gasteiger partial charge on any atom is -0.496 e. The van der Waals surface area contributed by atoms with Gasteiger partial charge < -0.3 is 10.1 Å². The topological polar surface area (TPSA) is 39.1 Å². The molecule has 4 heteroatoms. The van der Waals surface area contributed by atoms with Crippen molar-refractivity contribution in [1.82, 2.24) is 15.1 Å². The first-order valence-electron chi connectivity index (χ1n) is 7.19. The van der Waals surface area contributed by atoms with Crippen molar-refractivity contribution in [3.05, 3.63) is 47.8 Å². The fraction of sp³-hybridized carbons (Fsp3) is 0.438. The van der Waals surface area contributed by atoms with Gasteiger partial charge in [0.15, 0.2) is 0 Å². The molecule has 0 spiro atoms. The number of methoxy groups -OCH3 is 1. The maximum absolute atomic E-state index is 5.50. The largest absolute Gasteiger partial charge is 0.496 e. The van der Waals surface area contributed by atoms with Gasteiger partial charge in [0.25, 0.3) is 0 Å². The number of benzene rings is 1. The molecule has 1 aromatic heterocycles. The second-order valence-corrected chi connectivity index (χ2v) is 4.71. The number of ether oxygens (including phenoxy) is 1.